The van der Waals surface area contributed by atoms with Gasteiger partial charge in [0, 0.05) is 24.0 Å². The number of ether oxygens (including phenoxy) is 2. The van der Waals surface area contributed by atoms with Crippen LogP contribution in [0.25, 0.3) is 11.8 Å². The smallest absolute Gasteiger partial charge is 0.272 e. The highest BCUT2D eigenvalue weighted by molar-refractivity contribution is 7.99. The number of hydrogen-bond donors (Lipinski definition) is 0. The number of rotatable bonds is 7. The van der Waals surface area contributed by atoms with Crippen LogP contribution in [0.5, 0.6) is 11.5 Å². The standard InChI is InChI=1S/C23H22N2O3S2/c1-27-19-11-10-17(15-20(19)28-2)25-22(26)21-18(12-14-29-21)24-23(25)30-13-6-9-16-7-4-3-5-8-16/h3-11,15H,12-14H2,1-2H3/b9-6+. The van der Waals surface area contributed by atoms with Crippen LogP contribution in [-0.2, 0) is 6.42 Å². The Morgan fingerprint density at radius 3 is 2.70 bits per heavy atom. The van der Waals surface area contributed by atoms with Gasteiger partial charge in [-0.15, -0.1) is 11.8 Å². The van der Waals surface area contributed by atoms with Crippen LogP contribution in [0.2, 0.25) is 0 Å². The van der Waals surface area contributed by atoms with Crippen LogP contribution in [-0.4, -0.2) is 35.3 Å². The van der Waals surface area contributed by atoms with E-state index in [2.05, 4.69) is 24.3 Å². The van der Waals surface area contributed by atoms with E-state index in [4.69, 9.17) is 14.5 Å². The van der Waals surface area contributed by atoms with Crippen molar-refractivity contribution in [3.63, 3.8) is 0 Å². The van der Waals surface area contributed by atoms with Gasteiger partial charge in [-0.05, 0) is 17.7 Å². The van der Waals surface area contributed by atoms with Gasteiger partial charge in [0.2, 0.25) is 0 Å². The lowest BCUT2D eigenvalue weighted by Gasteiger charge is -2.15. The van der Waals surface area contributed by atoms with Crippen molar-refractivity contribution in [1.29, 1.82) is 0 Å². The molecule has 5 nitrogen and oxygen atoms in total. The van der Waals surface area contributed by atoms with Gasteiger partial charge in [0.1, 0.15) is 0 Å². The summed E-state index contributed by atoms with van der Waals surface area (Å²) in [6.07, 6.45) is 5.00. The summed E-state index contributed by atoms with van der Waals surface area (Å²) in [5, 5.41) is 0.686. The highest BCUT2D eigenvalue weighted by Crippen LogP contribution is 2.33. The summed E-state index contributed by atoms with van der Waals surface area (Å²) >= 11 is 3.13. The Morgan fingerprint density at radius 1 is 1.13 bits per heavy atom. The fraction of sp³-hybridized carbons (Fsp3) is 0.217. The number of thioether (sulfide) groups is 2. The molecule has 1 aromatic heterocycles. The molecule has 4 rings (SSSR count). The SMILES string of the molecule is COc1ccc(-n2c(SC/C=C/c3ccccc3)nc3c(c2=O)SCC3)cc1OC. The summed E-state index contributed by atoms with van der Waals surface area (Å²) in [5.41, 5.74) is 2.74. The molecule has 0 amide bonds. The molecule has 0 radical (unpaired) electrons. The molecule has 0 spiro atoms. The van der Waals surface area contributed by atoms with E-state index in [1.54, 1.807) is 42.3 Å². The number of fused-ring (bicyclic) bond motifs is 1. The average molecular weight is 439 g/mol. The molecule has 1 aliphatic rings. The number of aromatic nitrogens is 2. The van der Waals surface area contributed by atoms with Gasteiger partial charge in [0.15, 0.2) is 16.7 Å². The third kappa shape index (κ3) is 4.27. The molecule has 7 heteroatoms. The minimum atomic E-state index is -0.0238. The summed E-state index contributed by atoms with van der Waals surface area (Å²) in [4.78, 5) is 18.9. The lowest BCUT2D eigenvalue weighted by molar-refractivity contribution is 0.354. The fourth-order valence-corrected chi connectivity index (χ4v) is 5.11. The summed E-state index contributed by atoms with van der Waals surface area (Å²) < 4.78 is 12.5. The Labute approximate surface area is 184 Å². The Morgan fingerprint density at radius 2 is 1.93 bits per heavy atom. The number of aryl methyl sites for hydroxylation is 1. The fourth-order valence-electron chi connectivity index (χ4n) is 3.25. The Balaban J connectivity index is 1.69. The molecular formula is C23H22N2O3S2. The van der Waals surface area contributed by atoms with E-state index in [0.717, 1.165) is 34.0 Å². The molecule has 30 heavy (non-hydrogen) atoms. The minimum Gasteiger partial charge on any atom is -0.493 e. The third-order valence-electron chi connectivity index (χ3n) is 4.71. The minimum absolute atomic E-state index is 0.0238. The molecule has 1 aliphatic heterocycles. The van der Waals surface area contributed by atoms with Crippen molar-refractivity contribution in [2.45, 2.75) is 16.5 Å². The van der Waals surface area contributed by atoms with Gasteiger partial charge in [0.05, 0.1) is 30.5 Å². The lowest BCUT2D eigenvalue weighted by atomic mass is 10.2. The molecule has 0 bridgehead atoms. The first-order valence-electron chi connectivity index (χ1n) is 9.57. The van der Waals surface area contributed by atoms with E-state index in [0.29, 0.717) is 22.4 Å². The van der Waals surface area contributed by atoms with Crippen LogP contribution in [0.15, 0.2) is 69.5 Å². The van der Waals surface area contributed by atoms with E-state index in [9.17, 15) is 4.79 Å². The first-order valence-corrected chi connectivity index (χ1v) is 11.5. The van der Waals surface area contributed by atoms with Crippen LogP contribution in [0.1, 0.15) is 11.3 Å². The number of benzene rings is 2. The zero-order valence-electron chi connectivity index (χ0n) is 16.8. The van der Waals surface area contributed by atoms with Gasteiger partial charge >= 0.3 is 0 Å². The topological polar surface area (TPSA) is 53.4 Å². The number of nitrogens with zero attached hydrogens (tertiary/aromatic N) is 2. The van der Waals surface area contributed by atoms with Crippen LogP contribution in [0.4, 0.5) is 0 Å². The Kier molecular flexibility index (Phi) is 6.50. The molecule has 3 aromatic rings. The predicted octanol–water partition coefficient (Wildman–Crippen LogP) is 4.70. The molecule has 154 valence electrons. The molecule has 0 aliphatic carbocycles. The van der Waals surface area contributed by atoms with Crippen LogP contribution >= 0.6 is 23.5 Å². The second kappa shape index (κ2) is 9.45. The predicted molar refractivity (Wildman–Crippen MR) is 124 cm³/mol. The van der Waals surface area contributed by atoms with Gasteiger partial charge < -0.3 is 9.47 Å². The van der Waals surface area contributed by atoms with Crippen LogP contribution < -0.4 is 15.0 Å². The first-order chi connectivity index (χ1) is 14.7. The zero-order chi connectivity index (χ0) is 20.9. The Bertz CT molecular complexity index is 1130. The maximum Gasteiger partial charge on any atom is 0.272 e. The molecule has 0 saturated carbocycles. The van der Waals surface area contributed by atoms with E-state index < -0.39 is 0 Å². The van der Waals surface area contributed by atoms with E-state index in [1.165, 1.54) is 0 Å². The first kappa shape index (κ1) is 20.6. The summed E-state index contributed by atoms with van der Waals surface area (Å²) in [7, 11) is 3.18. The molecule has 0 fully saturated rings. The number of hydrogen-bond acceptors (Lipinski definition) is 6. The highest BCUT2D eigenvalue weighted by atomic mass is 32.2. The van der Waals surface area contributed by atoms with Crippen molar-refractivity contribution in [3.8, 4) is 17.2 Å². The maximum atomic E-state index is 13.3. The van der Waals surface area contributed by atoms with Gasteiger partial charge in [-0.3, -0.25) is 9.36 Å². The van der Waals surface area contributed by atoms with Crippen molar-refractivity contribution in [3.05, 3.63) is 76.2 Å². The second-order valence-electron chi connectivity index (χ2n) is 6.57. The van der Waals surface area contributed by atoms with Crippen molar-refractivity contribution in [2.75, 3.05) is 25.7 Å². The quantitative estimate of drug-likeness (QED) is 0.394. The second-order valence-corrected chi connectivity index (χ2v) is 8.66. The van der Waals surface area contributed by atoms with E-state index in [1.807, 2.05) is 36.4 Å². The normalized spacial score (nSPS) is 12.9. The van der Waals surface area contributed by atoms with Crippen molar-refractivity contribution in [2.24, 2.45) is 0 Å². The van der Waals surface area contributed by atoms with E-state index >= 15 is 0 Å². The molecule has 2 aromatic carbocycles. The summed E-state index contributed by atoms with van der Waals surface area (Å²) in [6, 6.07) is 15.6. The maximum absolute atomic E-state index is 13.3. The molecule has 0 unspecified atom stereocenters. The largest absolute Gasteiger partial charge is 0.493 e. The highest BCUT2D eigenvalue weighted by Gasteiger charge is 2.23. The van der Waals surface area contributed by atoms with Crippen LogP contribution in [0.3, 0.4) is 0 Å². The van der Waals surface area contributed by atoms with Crippen molar-refractivity contribution >= 4 is 29.6 Å². The van der Waals surface area contributed by atoms with Crippen molar-refractivity contribution in [1.82, 2.24) is 9.55 Å². The van der Waals surface area contributed by atoms with Gasteiger partial charge in [-0.2, -0.15) is 0 Å². The summed E-state index contributed by atoms with van der Waals surface area (Å²) in [6.45, 7) is 0. The molecule has 0 N–H and O–H groups in total. The zero-order valence-corrected chi connectivity index (χ0v) is 18.5. The molecule has 0 atom stereocenters. The van der Waals surface area contributed by atoms with Crippen LogP contribution in [0, 0.1) is 0 Å². The molecule has 2 heterocycles. The summed E-state index contributed by atoms with van der Waals surface area (Å²) in [5.74, 6) is 2.80. The lowest BCUT2D eigenvalue weighted by Crippen LogP contribution is -2.24. The molecular weight excluding hydrogens is 416 g/mol. The van der Waals surface area contributed by atoms with Gasteiger partial charge in [-0.1, -0.05) is 54.2 Å². The van der Waals surface area contributed by atoms with Gasteiger partial charge in [-0.25, -0.2) is 4.98 Å². The Hall–Kier alpha value is -2.64. The monoisotopic (exact) mass is 438 g/mol. The van der Waals surface area contributed by atoms with E-state index in [-0.39, 0.29) is 5.56 Å². The van der Waals surface area contributed by atoms with Crippen molar-refractivity contribution < 1.29 is 9.47 Å². The number of methoxy groups -OCH3 is 2. The third-order valence-corrected chi connectivity index (χ3v) is 6.71. The van der Waals surface area contributed by atoms with Gasteiger partial charge in [0.25, 0.3) is 5.56 Å². The average Bonchev–Trinajstić information content (AvgIpc) is 3.26. The molecule has 0 saturated heterocycles.